The number of hydrogen-bond acceptors (Lipinski definition) is 6. The third-order valence-electron chi connectivity index (χ3n) is 3.25. The Hall–Kier alpha value is -2.18. The highest BCUT2D eigenvalue weighted by Crippen LogP contribution is 2.18. The molecule has 7 heteroatoms. The van der Waals surface area contributed by atoms with Gasteiger partial charge in [0.15, 0.2) is 0 Å². The van der Waals surface area contributed by atoms with Crippen LogP contribution in [0.1, 0.15) is 25.7 Å². The Morgan fingerprint density at radius 3 is 2.32 bits per heavy atom. The highest BCUT2D eigenvalue weighted by atomic mass is 15.5. The summed E-state index contributed by atoms with van der Waals surface area (Å²) in [5.41, 5.74) is 5.90. The molecule has 0 radical (unpaired) electrons. The molecule has 0 saturated carbocycles. The first kappa shape index (κ1) is 11.9. The molecule has 0 unspecified atom stereocenters. The van der Waals surface area contributed by atoms with Crippen LogP contribution in [0.2, 0.25) is 0 Å². The van der Waals surface area contributed by atoms with Crippen LogP contribution in [0.15, 0.2) is 18.5 Å². The fourth-order valence-corrected chi connectivity index (χ4v) is 2.27. The lowest BCUT2D eigenvalue weighted by Crippen LogP contribution is -2.25. The number of rotatable bonds is 2. The van der Waals surface area contributed by atoms with Gasteiger partial charge in [0.1, 0.15) is 0 Å². The summed E-state index contributed by atoms with van der Waals surface area (Å²) in [4.78, 5) is 14.8. The third kappa shape index (κ3) is 2.49. The van der Waals surface area contributed by atoms with Gasteiger partial charge in [0.25, 0.3) is 5.95 Å². The van der Waals surface area contributed by atoms with Gasteiger partial charge < -0.3 is 10.6 Å². The lowest BCUT2D eigenvalue weighted by atomic mass is 10.2. The number of nitrogens with two attached hydrogens (primary N) is 1. The SMILES string of the molecule is Nc1nc(N2CCCCCC2)nn1-c1ncccn1. The second kappa shape index (κ2) is 5.21. The van der Waals surface area contributed by atoms with Crippen LogP contribution in [-0.2, 0) is 0 Å². The molecular weight excluding hydrogens is 242 g/mol. The van der Waals surface area contributed by atoms with E-state index in [2.05, 4.69) is 25.0 Å². The molecule has 7 nitrogen and oxygen atoms in total. The summed E-state index contributed by atoms with van der Waals surface area (Å²) in [5, 5.41) is 4.43. The van der Waals surface area contributed by atoms with Crippen molar-refractivity contribution < 1.29 is 0 Å². The van der Waals surface area contributed by atoms with Crippen molar-refractivity contribution in [2.45, 2.75) is 25.7 Å². The standard InChI is InChI=1S/C12H17N7/c13-10-16-12(18-8-3-1-2-4-9-18)17-19(10)11-14-6-5-7-15-11/h5-7H,1-4,8-9H2,(H2,13,16,17). The molecule has 2 N–H and O–H groups in total. The van der Waals surface area contributed by atoms with Gasteiger partial charge in [-0.15, -0.1) is 5.10 Å². The Balaban J connectivity index is 1.88. The first-order valence-electron chi connectivity index (χ1n) is 6.59. The molecule has 1 fully saturated rings. The summed E-state index contributed by atoms with van der Waals surface area (Å²) >= 11 is 0. The van der Waals surface area contributed by atoms with E-state index in [1.165, 1.54) is 30.4 Å². The van der Waals surface area contributed by atoms with Crippen molar-refractivity contribution in [2.75, 3.05) is 23.7 Å². The van der Waals surface area contributed by atoms with Crippen molar-refractivity contribution in [1.82, 2.24) is 24.7 Å². The minimum Gasteiger partial charge on any atom is -0.368 e. The van der Waals surface area contributed by atoms with Crippen molar-refractivity contribution in [3.63, 3.8) is 0 Å². The van der Waals surface area contributed by atoms with Gasteiger partial charge in [0, 0.05) is 25.5 Å². The monoisotopic (exact) mass is 259 g/mol. The molecule has 0 amide bonds. The van der Waals surface area contributed by atoms with Gasteiger partial charge in [-0.25, -0.2) is 9.97 Å². The van der Waals surface area contributed by atoms with E-state index in [1.807, 2.05) is 0 Å². The Bertz CT molecular complexity index is 528. The van der Waals surface area contributed by atoms with Gasteiger partial charge in [-0.1, -0.05) is 12.8 Å². The van der Waals surface area contributed by atoms with E-state index >= 15 is 0 Å². The lowest BCUT2D eigenvalue weighted by molar-refractivity contribution is 0.726. The normalized spacial score (nSPS) is 16.3. The molecule has 3 heterocycles. The van der Waals surface area contributed by atoms with Crippen molar-refractivity contribution in [3.05, 3.63) is 18.5 Å². The molecule has 2 aromatic rings. The van der Waals surface area contributed by atoms with Crippen LogP contribution in [0.25, 0.3) is 5.95 Å². The molecule has 1 aliphatic rings. The smallest absolute Gasteiger partial charge is 0.253 e. The van der Waals surface area contributed by atoms with Crippen molar-refractivity contribution >= 4 is 11.9 Å². The van der Waals surface area contributed by atoms with Crippen molar-refractivity contribution in [2.24, 2.45) is 0 Å². The minimum atomic E-state index is 0.324. The molecule has 3 rings (SSSR count). The minimum absolute atomic E-state index is 0.324. The molecule has 100 valence electrons. The molecular formula is C12H17N7. The van der Waals surface area contributed by atoms with Crippen LogP contribution in [0, 0.1) is 0 Å². The zero-order chi connectivity index (χ0) is 13.1. The zero-order valence-electron chi connectivity index (χ0n) is 10.7. The summed E-state index contributed by atoms with van der Waals surface area (Å²) in [6.45, 7) is 1.97. The fraction of sp³-hybridized carbons (Fsp3) is 0.500. The first-order valence-corrected chi connectivity index (χ1v) is 6.59. The average molecular weight is 259 g/mol. The van der Waals surface area contributed by atoms with Crippen molar-refractivity contribution in [1.29, 1.82) is 0 Å². The summed E-state index contributed by atoms with van der Waals surface area (Å²) in [6, 6.07) is 1.76. The second-order valence-corrected chi connectivity index (χ2v) is 4.63. The van der Waals surface area contributed by atoms with Gasteiger partial charge in [-0.2, -0.15) is 9.67 Å². The van der Waals surface area contributed by atoms with E-state index in [-0.39, 0.29) is 0 Å². The Labute approximate surface area is 111 Å². The maximum absolute atomic E-state index is 5.90. The molecule has 0 spiro atoms. The van der Waals surface area contributed by atoms with Crippen LogP contribution in [0.4, 0.5) is 11.9 Å². The summed E-state index contributed by atoms with van der Waals surface area (Å²) < 4.78 is 1.49. The topological polar surface area (TPSA) is 85.8 Å². The van der Waals surface area contributed by atoms with Gasteiger partial charge in [0.05, 0.1) is 0 Å². The molecule has 2 aromatic heterocycles. The first-order chi connectivity index (χ1) is 9.34. The van der Waals surface area contributed by atoms with Gasteiger partial charge in [0.2, 0.25) is 11.9 Å². The quantitative estimate of drug-likeness (QED) is 0.866. The molecule has 0 aliphatic carbocycles. The molecule has 19 heavy (non-hydrogen) atoms. The summed E-state index contributed by atoms with van der Waals surface area (Å²) in [7, 11) is 0. The number of aromatic nitrogens is 5. The fourth-order valence-electron chi connectivity index (χ4n) is 2.27. The number of nitrogen functional groups attached to an aromatic ring is 1. The highest BCUT2D eigenvalue weighted by molar-refractivity contribution is 5.38. The summed E-state index contributed by atoms with van der Waals surface area (Å²) in [6.07, 6.45) is 8.22. The van der Waals surface area contributed by atoms with Crippen LogP contribution < -0.4 is 10.6 Å². The van der Waals surface area contributed by atoms with E-state index in [4.69, 9.17) is 5.73 Å². The number of nitrogens with zero attached hydrogens (tertiary/aromatic N) is 6. The second-order valence-electron chi connectivity index (χ2n) is 4.63. The van der Waals surface area contributed by atoms with E-state index in [0.717, 1.165) is 13.1 Å². The average Bonchev–Trinajstić information content (AvgIpc) is 2.67. The van der Waals surface area contributed by atoms with Gasteiger partial charge >= 0.3 is 0 Å². The predicted octanol–water partition coefficient (Wildman–Crippen LogP) is 1.02. The summed E-state index contributed by atoms with van der Waals surface area (Å²) in [5.74, 6) is 1.45. The van der Waals surface area contributed by atoms with Crippen LogP contribution >= 0.6 is 0 Å². The highest BCUT2D eigenvalue weighted by Gasteiger charge is 2.17. The lowest BCUT2D eigenvalue weighted by Gasteiger charge is -2.17. The molecule has 0 aromatic carbocycles. The van der Waals surface area contributed by atoms with Crippen LogP contribution in [0.3, 0.4) is 0 Å². The molecule has 0 bridgehead atoms. The maximum Gasteiger partial charge on any atom is 0.253 e. The van der Waals surface area contributed by atoms with E-state index in [0.29, 0.717) is 17.8 Å². The largest absolute Gasteiger partial charge is 0.368 e. The number of hydrogen-bond donors (Lipinski definition) is 1. The van der Waals surface area contributed by atoms with E-state index in [1.54, 1.807) is 18.5 Å². The Morgan fingerprint density at radius 2 is 1.63 bits per heavy atom. The van der Waals surface area contributed by atoms with Gasteiger partial charge in [-0.3, -0.25) is 0 Å². The Morgan fingerprint density at radius 1 is 0.947 bits per heavy atom. The van der Waals surface area contributed by atoms with E-state index < -0.39 is 0 Å². The van der Waals surface area contributed by atoms with Crippen LogP contribution in [0.5, 0.6) is 0 Å². The van der Waals surface area contributed by atoms with Crippen molar-refractivity contribution in [3.8, 4) is 5.95 Å². The zero-order valence-corrected chi connectivity index (χ0v) is 10.7. The van der Waals surface area contributed by atoms with Crippen LogP contribution in [-0.4, -0.2) is 37.8 Å². The maximum atomic E-state index is 5.90. The number of anilines is 2. The Kier molecular flexibility index (Phi) is 3.26. The van der Waals surface area contributed by atoms with Gasteiger partial charge in [-0.05, 0) is 18.9 Å². The molecule has 0 atom stereocenters. The predicted molar refractivity (Wildman–Crippen MR) is 72.0 cm³/mol. The third-order valence-corrected chi connectivity index (χ3v) is 3.25. The molecule has 1 saturated heterocycles. The van der Waals surface area contributed by atoms with E-state index in [9.17, 15) is 0 Å². The molecule has 1 aliphatic heterocycles.